The maximum absolute atomic E-state index is 12.7. The van der Waals surface area contributed by atoms with Crippen LogP contribution in [0.2, 0.25) is 0 Å². The third-order valence-electron chi connectivity index (χ3n) is 7.16. The van der Waals surface area contributed by atoms with Crippen molar-refractivity contribution in [2.24, 2.45) is 11.5 Å². The average Bonchev–Trinajstić information content (AvgIpc) is 3.30. The van der Waals surface area contributed by atoms with E-state index in [2.05, 4.69) is 22.2 Å². The molecule has 1 saturated carbocycles. The lowest BCUT2D eigenvalue weighted by atomic mass is 10.1. The average molecular weight is 511 g/mol. The second kappa shape index (κ2) is 11.0. The van der Waals surface area contributed by atoms with Crippen LogP contribution < -0.4 is 22.5 Å². The van der Waals surface area contributed by atoms with Gasteiger partial charge in [0.05, 0.1) is 11.2 Å². The van der Waals surface area contributed by atoms with Crippen molar-refractivity contribution in [3.8, 4) is 5.69 Å². The predicted octanol–water partition coefficient (Wildman–Crippen LogP) is 0.958. The zero-order valence-corrected chi connectivity index (χ0v) is 21.9. The van der Waals surface area contributed by atoms with Gasteiger partial charge in [0.15, 0.2) is 0 Å². The molecule has 11 nitrogen and oxygen atoms in total. The summed E-state index contributed by atoms with van der Waals surface area (Å²) in [7, 11) is 2.12. The number of nitrogens with one attached hydrogen (secondary N) is 1. The lowest BCUT2D eigenvalue weighted by Crippen LogP contribution is -2.58. The van der Waals surface area contributed by atoms with Gasteiger partial charge in [-0.25, -0.2) is 9.59 Å². The van der Waals surface area contributed by atoms with Gasteiger partial charge in [0.25, 0.3) is 0 Å². The minimum atomic E-state index is -0.945. The minimum Gasteiger partial charge on any atom is -0.338 e. The number of nitrogens with zero attached hydrogens (tertiary/aromatic N) is 5. The highest BCUT2D eigenvalue weighted by molar-refractivity contribution is 5.89. The number of anilines is 1. The Labute approximate surface area is 217 Å². The molecule has 2 aromatic rings. The first-order chi connectivity index (χ1) is 17.5. The SMILES string of the molecule is CN(Cc1ccc(-n2ccc(NC(=O)N3CCN(C(=O)C(C)(C)N)CC3)nc2=O)cc1)[C@H]1CC[C@@H](N)C1. The zero-order chi connectivity index (χ0) is 26.7. The van der Waals surface area contributed by atoms with Gasteiger partial charge in [-0.1, -0.05) is 12.1 Å². The number of aromatic nitrogens is 2. The van der Waals surface area contributed by atoms with E-state index >= 15 is 0 Å². The number of hydrogen-bond acceptors (Lipinski definition) is 7. The number of rotatable bonds is 6. The number of carbonyl (C=O) groups excluding carboxylic acids is 2. The van der Waals surface area contributed by atoms with Crippen molar-refractivity contribution in [2.45, 2.75) is 57.3 Å². The van der Waals surface area contributed by atoms with Crippen LogP contribution in [0.4, 0.5) is 10.6 Å². The van der Waals surface area contributed by atoms with Gasteiger partial charge in [0, 0.05) is 51.0 Å². The Hall–Kier alpha value is -3.28. The highest BCUT2D eigenvalue weighted by Crippen LogP contribution is 2.23. The lowest BCUT2D eigenvalue weighted by molar-refractivity contribution is -0.137. The summed E-state index contributed by atoms with van der Waals surface area (Å²) in [5, 5.41) is 2.69. The highest BCUT2D eigenvalue weighted by Gasteiger charge is 2.31. The lowest BCUT2D eigenvalue weighted by Gasteiger charge is -2.37. The smallest absolute Gasteiger partial charge is 0.338 e. The van der Waals surface area contributed by atoms with Gasteiger partial charge >= 0.3 is 11.7 Å². The van der Waals surface area contributed by atoms with Crippen LogP contribution in [0.1, 0.15) is 38.7 Å². The topological polar surface area (TPSA) is 143 Å². The Bertz CT molecular complexity index is 1170. The van der Waals surface area contributed by atoms with Crippen LogP contribution in [0.5, 0.6) is 0 Å². The van der Waals surface area contributed by atoms with Crippen LogP contribution in [-0.4, -0.2) is 87.0 Å². The van der Waals surface area contributed by atoms with Crippen molar-refractivity contribution in [3.05, 3.63) is 52.6 Å². The zero-order valence-electron chi connectivity index (χ0n) is 21.9. The molecular weight excluding hydrogens is 472 g/mol. The summed E-state index contributed by atoms with van der Waals surface area (Å²) in [5.41, 5.74) is 12.4. The van der Waals surface area contributed by atoms with Crippen molar-refractivity contribution >= 4 is 17.8 Å². The van der Waals surface area contributed by atoms with E-state index in [9.17, 15) is 14.4 Å². The van der Waals surface area contributed by atoms with Crippen LogP contribution in [0.3, 0.4) is 0 Å². The molecule has 37 heavy (non-hydrogen) atoms. The third-order valence-corrected chi connectivity index (χ3v) is 7.16. The Morgan fingerprint density at radius 2 is 1.73 bits per heavy atom. The first-order valence-electron chi connectivity index (χ1n) is 12.8. The van der Waals surface area contributed by atoms with Gasteiger partial charge in [0.1, 0.15) is 5.82 Å². The molecule has 11 heteroatoms. The molecule has 2 heterocycles. The van der Waals surface area contributed by atoms with E-state index in [4.69, 9.17) is 11.5 Å². The maximum atomic E-state index is 12.7. The summed E-state index contributed by atoms with van der Waals surface area (Å²) < 4.78 is 1.44. The molecule has 1 aromatic heterocycles. The number of piperazine rings is 1. The fourth-order valence-corrected chi connectivity index (χ4v) is 4.95. The molecule has 200 valence electrons. The minimum absolute atomic E-state index is 0.142. The first kappa shape index (κ1) is 26.8. The summed E-state index contributed by atoms with van der Waals surface area (Å²) in [6.45, 7) is 5.72. The second-order valence-electron chi connectivity index (χ2n) is 10.7. The highest BCUT2D eigenvalue weighted by atomic mass is 16.2. The van der Waals surface area contributed by atoms with Gasteiger partial charge in [-0.15, -0.1) is 0 Å². The summed E-state index contributed by atoms with van der Waals surface area (Å²) in [6.07, 6.45) is 4.83. The van der Waals surface area contributed by atoms with Crippen molar-refractivity contribution in [1.29, 1.82) is 0 Å². The molecule has 1 aliphatic heterocycles. The van der Waals surface area contributed by atoms with E-state index in [0.717, 1.165) is 31.4 Å². The van der Waals surface area contributed by atoms with E-state index < -0.39 is 11.2 Å². The van der Waals surface area contributed by atoms with Crippen LogP contribution >= 0.6 is 0 Å². The maximum Gasteiger partial charge on any atom is 0.354 e. The first-order valence-corrected chi connectivity index (χ1v) is 12.8. The van der Waals surface area contributed by atoms with Crippen LogP contribution in [0.25, 0.3) is 5.69 Å². The van der Waals surface area contributed by atoms with Gasteiger partial charge in [-0.3, -0.25) is 19.6 Å². The Kier molecular flexibility index (Phi) is 7.96. The Morgan fingerprint density at radius 1 is 1.08 bits per heavy atom. The molecule has 1 aliphatic carbocycles. The molecule has 2 aliphatic rings. The van der Waals surface area contributed by atoms with Gasteiger partial charge in [0.2, 0.25) is 5.91 Å². The number of amides is 3. The Morgan fingerprint density at radius 3 is 2.30 bits per heavy atom. The molecule has 0 radical (unpaired) electrons. The molecule has 3 amide bonds. The van der Waals surface area contributed by atoms with Gasteiger partial charge < -0.3 is 21.3 Å². The fraction of sp³-hybridized carbons (Fsp3) is 0.538. The fourth-order valence-electron chi connectivity index (χ4n) is 4.95. The molecular formula is C26H38N8O3. The van der Waals surface area contributed by atoms with Crippen LogP contribution in [-0.2, 0) is 11.3 Å². The van der Waals surface area contributed by atoms with Crippen molar-refractivity contribution in [3.63, 3.8) is 0 Å². The summed E-state index contributed by atoms with van der Waals surface area (Å²) in [5.74, 6) is 0.0392. The third kappa shape index (κ3) is 6.54. The van der Waals surface area contributed by atoms with E-state index in [1.165, 1.54) is 4.57 Å². The van der Waals surface area contributed by atoms with Gasteiger partial charge in [-0.05, 0) is 63.9 Å². The van der Waals surface area contributed by atoms with Crippen LogP contribution in [0, 0.1) is 0 Å². The number of urea groups is 1. The molecule has 1 saturated heterocycles. The second-order valence-corrected chi connectivity index (χ2v) is 10.7. The monoisotopic (exact) mass is 510 g/mol. The van der Waals surface area contributed by atoms with Crippen molar-refractivity contribution in [2.75, 3.05) is 38.5 Å². The molecule has 0 unspecified atom stereocenters. The molecule has 2 fully saturated rings. The molecule has 4 rings (SSSR count). The van der Waals surface area contributed by atoms with E-state index in [1.807, 2.05) is 24.3 Å². The summed E-state index contributed by atoms with van der Waals surface area (Å²) >= 11 is 0. The standard InChI is InChI=1S/C26H38N8O3/c1-26(2,28)23(35)32-12-14-33(15-13-32)24(36)29-22-10-11-34(25(37)30-22)20-7-4-18(5-8-20)17-31(3)21-9-6-19(27)16-21/h4-5,7-8,10-11,19,21H,6,9,12-17,27-28H2,1-3H3,(H,29,30,36,37)/t19-,21+/m1/s1. The van der Waals surface area contributed by atoms with E-state index in [-0.39, 0.29) is 17.8 Å². The molecule has 0 bridgehead atoms. The van der Waals surface area contributed by atoms with E-state index in [1.54, 1.807) is 35.9 Å². The summed E-state index contributed by atoms with van der Waals surface area (Å²) in [6, 6.07) is 9.86. The molecule has 5 N–H and O–H groups in total. The number of carbonyl (C=O) groups is 2. The predicted molar refractivity (Wildman–Crippen MR) is 142 cm³/mol. The normalized spacial score (nSPS) is 20.4. The number of benzene rings is 1. The molecule has 2 atom stereocenters. The van der Waals surface area contributed by atoms with Crippen molar-refractivity contribution in [1.82, 2.24) is 24.3 Å². The number of hydrogen-bond donors (Lipinski definition) is 3. The van der Waals surface area contributed by atoms with E-state index in [0.29, 0.717) is 44.0 Å². The summed E-state index contributed by atoms with van der Waals surface area (Å²) in [4.78, 5) is 47.3. The van der Waals surface area contributed by atoms with Crippen LogP contribution in [0.15, 0.2) is 41.3 Å². The molecule has 0 spiro atoms. The van der Waals surface area contributed by atoms with Gasteiger partial charge in [-0.2, -0.15) is 4.98 Å². The van der Waals surface area contributed by atoms with Crippen molar-refractivity contribution < 1.29 is 9.59 Å². The molecule has 1 aromatic carbocycles. The largest absolute Gasteiger partial charge is 0.354 e. The quantitative estimate of drug-likeness (QED) is 0.525. The Balaban J connectivity index is 1.32. The number of nitrogens with two attached hydrogens (primary N) is 2.